The molecule has 0 aliphatic heterocycles. The van der Waals surface area contributed by atoms with Gasteiger partial charge in [-0.05, 0) is 30.6 Å². The van der Waals surface area contributed by atoms with Crippen LogP contribution in [-0.4, -0.2) is 29.8 Å². The van der Waals surface area contributed by atoms with E-state index in [1.807, 2.05) is 36.2 Å². The Kier molecular flexibility index (Phi) is 5.42. The second-order valence-corrected chi connectivity index (χ2v) is 10.2. The van der Waals surface area contributed by atoms with Crippen LogP contribution in [0.3, 0.4) is 0 Å². The van der Waals surface area contributed by atoms with Gasteiger partial charge in [-0.1, -0.05) is 24.7 Å². The number of aryl methyl sites for hydroxylation is 2. The summed E-state index contributed by atoms with van der Waals surface area (Å²) in [5.74, 6) is 1.53. The molecule has 0 amide bonds. The Hall–Kier alpha value is -1.94. The van der Waals surface area contributed by atoms with Crippen molar-refractivity contribution in [2.45, 2.75) is 30.9 Å². The number of unbranched alkanes of at least 4 members (excludes halogenated alkanes) is 1. The maximum atomic E-state index is 12.8. The van der Waals surface area contributed by atoms with Gasteiger partial charge in [-0.25, -0.2) is 15.0 Å². The highest BCUT2D eigenvalue weighted by Crippen LogP contribution is 2.43. The highest BCUT2D eigenvalue weighted by atomic mass is 32.2. The van der Waals surface area contributed by atoms with Gasteiger partial charge in [0.05, 0.1) is 5.69 Å². The van der Waals surface area contributed by atoms with Crippen LogP contribution in [0.4, 0.5) is 5.69 Å². The molecule has 9 heteroatoms. The van der Waals surface area contributed by atoms with Crippen LogP contribution in [0.5, 0.6) is 0 Å². The molecule has 4 aromatic rings. The fourth-order valence-electron chi connectivity index (χ4n) is 2.99. The molecule has 0 aromatic carbocycles. The minimum absolute atomic E-state index is 0.561. The van der Waals surface area contributed by atoms with Crippen LogP contribution in [0.2, 0.25) is 0 Å². The molecule has 2 N–H and O–H groups in total. The first-order valence-electron chi connectivity index (χ1n) is 9.01. The Bertz CT molecular complexity index is 1100. The number of aromatic nitrogens is 4. The van der Waals surface area contributed by atoms with Crippen LogP contribution < -0.4 is 5.73 Å². The van der Waals surface area contributed by atoms with E-state index in [0.717, 1.165) is 50.8 Å². The Morgan fingerprint density at radius 2 is 2.11 bits per heavy atom. The number of hydrogen-bond donors (Lipinski definition) is 1. The molecule has 6 nitrogen and oxygen atoms in total. The molecule has 4 aromatic heterocycles. The number of nitrogens with two attached hydrogens (primary N) is 1. The lowest BCUT2D eigenvalue weighted by atomic mass is 10.1. The summed E-state index contributed by atoms with van der Waals surface area (Å²) in [7, 11) is 1.97. The lowest BCUT2D eigenvalue weighted by Gasteiger charge is -2.08. The van der Waals surface area contributed by atoms with Crippen molar-refractivity contribution in [2.24, 2.45) is 7.05 Å². The van der Waals surface area contributed by atoms with Gasteiger partial charge in [0.1, 0.15) is 32.8 Å². The standard InChI is InChI=1S/C19H21N5OS3/c1-4-5-8-28(25)19-16(20)15-12(14-10-24(3)11(2)22-14)9-13(23-18(15)27-19)17-21-6-7-26-17/h6-7,9-10H,4-5,8,20H2,1-3H3/t28-/m0/s1. The predicted molar refractivity (Wildman–Crippen MR) is 118 cm³/mol. The summed E-state index contributed by atoms with van der Waals surface area (Å²) in [6.45, 7) is 4.06. The number of anilines is 1. The van der Waals surface area contributed by atoms with Crippen LogP contribution in [0.15, 0.2) is 28.0 Å². The molecule has 0 radical (unpaired) electrons. The maximum Gasteiger partial charge on any atom is 0.232 e. The first-order valence-corrected chi connectivity index (χ1v) is 12.0. The van der Waals surface area contributed by atoms with Gasteiger partial charge in [0, 0.05) is 35.8 Å². The van der Waals surface area contributed by atoms with Crippen LogP contribution in [-0.2, 0) is 18.2 Å². The van der Waals surface area contributed by atoms with Crippen molar-refractivity contribution >= 4 is 49.8 Å². The Labute approximate surface area is 174 Å². The molecule has 0 saturated heterocycles. The maximum absolute atomic E-state index is 12.8. The quantitative estimate of drug-likeness (QED) is 0.450. The van der Waals surface area contributed by atoms with Gasteiger partial charge in [-0.15, -0.1) is 11.3 Å². The van der Waals surface area contributed by atoms with Gasteiger partial charge in [0.25, 0.3) is 0 Å². The second-order valence-electron chi connectivity index (χ2n) is 6.56. The number of thiophene rings is 1. The molecule has 1 atom stereocenters. The largest absolute Gasteiger partial charge is 0.611 e. The normalized spacial score (nSPS) is 12.7. The number of nitrogen functional groups attached to an aromatic ring is 1. The Morgan fingerprint density at radius 3 is 2.75 bits per heavy atom. The summed E-state index contributed by atoms with van der Waals surface area (Å²) in [5, 5.41) is 3.61. The molecule has 0 aliphatic carbocycles. The number of rotatable bonds is 6. The minimum atomic E-state index is -1.12. The first kappa shape index (κ1) is 19.4. The van der Waals surface area contributed by atoms with E-state index in [4.69, 9.17) is 10.7 Å². The number of thiazole rings is 1. The molecule has 146 valence electrons. The van der Waals surface area contributed by atoms with E-state index in [0.29, 0.717) is 15.6 Å². The second kappa shape index (κ2) is 7.82. The zero-order valence-electron chi connectivity index (χ0n) is 15.9. The van der Waals surface area contributed by atoms with E-state index >= 15 is 0 Å². The summed E-state index contributed by atoms with van der Waals surface area (Å²) in [6.07, 6.45) is 5.66. The fourth-order valence-corrected chi connectivity index (χ4v) is 6.38. The van der Waals surface area contributed by atoms with E-state index in [2.05, 4.69) is 16.9 Å². The Balaban J connectivity index is 1.94. The molecule has 0 fully saturated rings. The average Bonchev–Trinajstić information content (AvgIpc) is 3.40. The van der Waals surface area contributed by atoms with Crippen molar-refractivity contribution in [3.8, 4) is 22.0 Å². The molecular weight excluding hydrogens is 410 g/mol. The lowest BCUT2D eigenvalue weighted by Crippen LogP contribution is -2.06. The topological polar surface area (TPSA) is 92.7 Å². The predicted octanol–water partition coefficient (Wildman–Crippen LogP) is 4.62. The average molecular weight is 432 g/mol. The van der Waals surface area contributed by atoms with Crippen LogP contribution in [0.1, 0.15) is 25.6 Å². The first-order chi connectivity index (χ1) is 13.5. The fraction of sp³-hybridized carbons (Fsp3) is 0.316. The van der Waals surface area contributed by atoms with Gasteiger partial charge in [-0.3, -0.25) is 0 Å². The molecule has 4 heterocycles. The zero-order chi connectivity index (χ0) is 19.8. The van der Waals surface area contributed by atoms with E-state index in [1.165, 1.54) is 22.7 Å². The third-order valence-electron chi connectivity index (χ3n) is 4.59. The molecular formula is C19H21N5OS3. The van der Waals surface area contributed by atoms with Crippen molar-refractivity contribution in [3.63, 3.8) is 0 Å². The van der Waals surface area contributed by atoms with Crippen molar-refractivity contribution in [1.29, 1.82) is 0 Å². The van der Waals surface area contributed by atoms with Crippen LogP contribution >= 0.6 is 22.7 Å². The van der Waals surface area contributed by atoms with Crippen LogP contribution in [0.25, 0.3) is 32.2 Å². The number of pyridine rings is 1. The molecule has 0 unspecified atom stereocenters. The van der Waals surface area contributed by atoms with Crippen molar-refractivity contribution < 1.29 is 4.55 Å². The molecule has 0 aliphatic rings. The van der Waals surface area contributed by atoms with Crippen molar-refractivity contribution in [2.75, 3.05) is 11.5 Å². The van der Waals surface area contributed by atoms with Crippen molar-refractivity contribution in [1.82, 2.24) is 19.5 Å². The highest BCUT2D eigenvalue weighted by Gasteiger charge is 2.25. The summed E-state index contributed by atoms with van der Waals surface area (Å²) in [4.78, 5) is 14.7. The number of imidazole rings is 1. The van der Waals surface area contributed by atoms with E-state index in [-0.39, 0.29) is 0 Å². The monoisotopic (exact) mass is 431 g/mol. The van der Waals surface area contributed by atoms with Gasteiger partial charge in [0.2, 0.25) is 4.21 Å². The lowest BCUT2D eigenvalue weighted by molar-refractivity contribution is 0.594. The summed E-state index contributed by atoms with van der Waals surface area (Å²) in [6, 6.07) is 1.99. The van der Waals surface area contributed by atoms with E-state index < -0.39 is 11.2 Å². The third kappa shape index (κ3) is 3.43. The van der Waals surface area contributed by atoms with E-state index in [1.54, 1.807) is 6.20 Å². The molecule has 0 bridgehead atoms. The van der Waals surface area contributed by atoms with Gasteiger partial charge < -0.3 is 14.9 Å². The number of hydrogen-bond acceptors (Lipinski definition) is 7. The number of fused-ring (bicyclic) bond motifs is 1. The third-order valence-corrected chi connectivity index (χ3v) is 8.38. The Morgan fingerprint density at radius 1 is 1.29 bits per heavy atom. The molecule has 4 rings (SSSR count). The van der Waals surface area contributed by atoms with Gasteiger partial charge in [0.15, 0.2) is 0 Å². The summed E-state index contributed by atoms with van der Waals surface area (Å²) < 4.78 is 15.5. The zero-order valence-corrected chi connectivity index (χ0v) is 18.4. The SMILES string of the molecule is CCCC[S@+]([O-])c1sc2nc(-c3nccs3)cc(-c3cn(C)c(C)n3)c2c1N. The van der Waals surface area contributed by atoms with Gasteiger partial charge >= 0.3 is 0 Å². The van der Waals surface area contributed by atoms with Gasteiger partial charge in [-0.2, -0.15) is 0 Å². The summed E-state index contributed by atoms with van der Waals surface area (Å²) >= 11 is 1.84. The van der Waals surface area contributed by atoms with Crippen molar-refractivity contribution in [3.05, 3.63) is 29.7 Å². The molecule has 0 saturated carbocycles. The molecule has 0 spiro atoms. The van der Waals surface area contributed by atoms with Crippen LogP contribution in [0, 0.1) is 6.92 Å². The highest BCUT2D eigenvalue weighted by molar-refractivity contribution is 7.93. The number of nitrogens with zero attached hydrogens (tertiary/aromatic N) is 4. The smallest absolute Gasteiger partial charge is 0.232 e. The summed E-state index contributed by atoms with van der Waals surface area (Å²) in [5.41, 5.74) is 9.58. The minimum Gasteiger partial charge on any atom is -0.611 e. The van der Waals surface area contributed by atoms with E-state index in [9.17, 15) is 4.55 Å². The molecule has 28 heavy (non-hydrogen) atoms.